The fraction of sp³-hybridized carbons (Fsp3) is 0.158. The molecule has 0 spiro atoms. The number of benzene rings is 1. The summed E-state index contributed by atoms with van der Waals surface area (Å²) < 4.78 is 0. The zero-order chi connectivity index (χ0) is 17.5. The van der Waals surface area contributed by atoms with Crippen molar-refractivity contribution in [2.24, 2.45) is 0 Å². The second-order valence-electron chi connectivity index (χ2n) is 5.54. The van der Waals surface area contributed by atoms with Gasteiger partial charge in [0.1, 0.15) is 5.82 Å². The highest BCUT2D eigenvalue weighted by Crippen LogP contribution is 2.13. The fourth-order valence-electron chi connectivity index (χ4n) is 2.33. The minimum atomic E-state index is -0.0570. The Morgan fingerprint density at radius 1 is 1.12 bits per heavy atom. The van der Waals surface area contributed by atoms with Crippen LogP contribution in [0.1, 0.15) is 10.4 Å². The molecule has 0 unspecified atom stereocenters. The van der Waals surface area contributed by atoms with Gasteiger partial charge in [0, 0.05) is 16.4 Å². The van der Waals surface area contributed by atoms with Crippen LogP contribution >= 0.6 is 22.9 Å². The minimum absolute atomic E-state index is 0.0570. The summed E-state index contributed by atoms with van der Waals surface area (Å²) in [5.74, 6) is 0.503. The summed E-state index contributed by atoms with van der Waals surface area (Å²) in [7, 11) is 0. The summed E-state index contributed by atoms with van der Waals surface area (Å²) in [6.45, 7) is 0.799. The molecule has 25 heavy (non-hydrogen) atoms. The summed E-state index contributed by atoms with van der Waals surface area (Å²) >= 11 is 7.45. The molecule has 0 bridgehead atoms. The smallest absolute Gasteiger partial charge is 0.230 e. The normalized spacial score (nSPS) is 10.4. The van der Waals surface area contributed by atoms with Gasteiger partial charge in [-0.1, -0.05) is 29.8 Å². The van der Waals surface area contributed by atoms with Crippen LogP contribution in [0.15, 0.2) is 60.1 Å². The minimum Gasteiger partial charge on any atom is -0.383 e. The SMILES string of the molecule is O=C(Cc1cccs1)Nc1ccc(NCCc2ccc(Cl)cc2)cn1. The molecular formula is C19H18ClN3OS. The highest BCUT2D eigenvalue weighted by molar-refractivity contribution is 7.10. The first kappa shape index (κ1) is 17.5. The van der Waals surface area contributed by atoms with Gasteiger partial charge < -0.3 is 10.6 Å². The molecular weight excluding hydrogens is 354 g/mol. The number of nitrogens with one attached hydrogen (secondary N) is 2. The van der Waals surface area contributed by atoms with E-state index in [1.54, 1.807) is 23.6 Å². The summed E-state index contributed by atoms with van der Waals surface area (Å²) in [6.07, 6.45) is 3.00. The Morgan fingerprint density at radius 3 is 2.64 bits per heavy atom. The molecule has 4 nitrogen and oxygen atoms in total. The number of carbonyl (C=O) groups is 1. The molecule has 128 valence electrons. The van der Waals surface area contributed by atoms with E-state index < -0.39 is 0 Å². The molecule has 6 heteroatoms. The van der Waals surface area contributed by atoms with E-state index in [0.29, 0.717) is 12.2 Å². The topological polar surface area (TPSA) is 54.0 Å². The summed E-state index contributed by atoms with van der Waals surface area (Å²) in [5.41, 5.74) is 2.15. The first-order valence-corrected chi connectivity index (χ1v) is 9.21. The third-order valence-electron chi connectivity index (χ3n) is 3.60. The van der Waals surface area contributed by atoms with Crippen molar-refractivity contribution in [2.75, 3.05) is 17.2 Å². The van der Waals surface area contributed by atoms with Gasteiger partial charge in [-0.15, -0.1) is 11.3 Å². The van der Waals surface area contributed by atoms with Gasteiger partial charge >= 0.3 is 0 Å². The van der Waals surface area contributed by atoms with Gasteiger partial charge in [0.2, 0.25) is 5.91 Å². The van der Waals surface area contributed by atoms with Crippen molar-refractivity contribution in [3.05, 3.63) is 75.6 Å². The molecule has 0 fully saturated rings. The maximum atomic E-state index is 11.9. The van der Waals surface area contributed by atoms with Crippen molar-refractivity contribution < 1.29 is 4.79 Å². The lowest BCUT2D eigenvalue weighted by atomic mass is 10.1. The molecule has 1 amide bonds. The molecule has 0 saturated carbocycles. The molecule has 3 rings (SSSR count). The van der Waals surface area contributed by atoms with Crippen LogP contribution in [-0.4, -0.2) is 17.4 Å². The fourth-order valence-corrected chi connectivity index (χ4v) is 3.16. The molecule has 0 aliphatic heterocycles. The Bertz CT molecular complexity index is 802. The number of anilines is 2. The van der Waals surface area contributed by atoms with Crippen molar-refractivity contribution in [3.63, 3.8) is 0 Å². The average molecular weight is 372 g/mol. The van der Waals surface area contributed by atoms with E-state index in [4.69, 9.17) is 11.6 Å². The van der Waals surface area contributed by atoms with E-state index in [9.17, 15) is 4.79 Å². The predicted molar refractivity (Wildman–Crippen MR) is 105 cm³/mol. The Balaban J connectivity index is 1.45. The van der Waals surface area contributed by atoms with Gasteiger partial charge in [-0.3, -0.25) is 4.79 Å². The van der Waals surface area contributed by atoms with Gasteiger partial charge in [0.05, 0.1) is 18.3 Å². The number of thiophene rings is 1. The Kier molecular flexibility index (Phi) is 6.04. The monoisotopic (exact) mass is 371 g/mol. The van der Waals surface area contributed by atoms with Crippen LogP contribution in [-0.2, 0) is 17.6 Å². The summed E-state index contributed by atoms with van der Waals surface area (Å²) in [5, 5.41) is 8.84. The van der Waals surface area contributed by atoms with E-state index in [2.05, 4.69) is 15.6 Å². The lowest BCUT2D eigenvalue weighted by Crippen LogP contribution is -2.14. The number of aromatic nitrogens is 1. The molecule has 0 aliphatic rings. The van der Waals surface area contributed by atoms with E-state index in [-0.39, 0.29) is 5.91 Å². The summed E-state index contributed by atoms with van der Waals surface area (Å²) in [4.78, 5) is 17.3. The second-order valence-corrected chi connectivity index (χ2v) is 7.01. The number of rotatable bonds is 7. The van der Waals surface area contributed by atoms with Gasteiger partial charge in [0.15, 0.2) is 0 Å². The standard InChI is InChI=1S/C19H18ClN3OS/c20-15-5-3-14(4-6-15)9-10-21-16-7-8-18(22-13-16)23-19(24)12-17-2-1-11-25-17/h1-8,11,13,21H,9-10,12H2,(H,22,23,24). The van der Waals surface area contributed by atoms with E-state index in [0.717, 1.165) is 28.6 Å². The van der Waals surface area contributed by atoms with Crippen molar-refractivity contribution in [1.29, 1.82) is 0 Å². The quantitative estimate of drug-likeness (QED) is 0.636. The number of nitrogens with zero attached hydrogens (tertiary/aromatic N) is 1. The first-order valence-electron chi connectivity index (χ1n) is 7.96. The van der Waals surface area contributed by atoms with Crippen LogP contribution in [0.2, 0.25) is 5.02 Å². The Labute approximate surface area is 155 Å². The molecule has 3 aromatic rings. The van der Waals surface area contributed by atoms with Crippen molar-refractivity contribution >= 4 is 40.4 Å². The van der Waals surface area contributed by atoms with Crippen LogP contribution in [0.4, 0.5) is 11.5 Å². The summed E-state index contributed by atoms with van der Waals surface area (Å²) in [6, 6.07) is 15.4. The molecule has 1 aromatic carbocycles. The van der Waals surface area contributed by atoms with Crippen molar-refractivity contribution in [1.82, 2.24) is 4.98 Å². The maximum absolute atomic E-state index is 11.9. The zero-order valence-corrected chi connectivity index (χ0v) is 15.1. The Morgan fingerprint density at radius 2 is 1.96 bits per heavy atom. The van der Waals surface area contributed by atoms with Gasteiger partial charge in [-0.2, -0.15) is 0 Å². The third-order valence-corrected chi connectivity index (χ3v) is 4.73. The van der Waals surface area contributed by atoms with Crippen LogP contribution in [0.25, 0.3) is 0 Å². The second kappa shape index (κ2) is 8.65. The van der Waals surface area contributed by atoms with Gasteiger partial charge in [-0.05, 0) is 47.7 Å². The number of pyridine rings is 1. The molecule has 2 aromatic heterocycles. The lowest BCUT2D eigenvalue weighted by molar-refractivity contribution is -0.115. The molecule has 0 aliphatic carbocycles. The number of halogens is 1. The van der Waals surface area contributed by atoms with Crippen LogP contribution < -0.4 is 10.6 Å². The largest absolute Gasteiger partial charge is 0.383 e. The zero-order valence-electron chi connectivity index (χ0n) is 13.5. The highest BCUT2D eigenvalue weighted by atomic mass is 35.5. The Hall–Kier alpha value is -2.37. The third kappa shape index (κ3) is 5.59. The molecule has 2 N–H and O–H groups in total. The van der Waals surface area contributed by atoms with Crippen LogP contribution in [0, 0.1) is 0 Å². The molecule has 0 radical (unpaired) electrons. The molecule has 0 atom stereocenters. The number of hydrogen-bond acceptors (Lipinski definition) is 4. The number of amides is 1. The first-order chi connectivity index (χ1) is 12.2. The lowest BCUT2D eigenvalue weighted by Gasteiger charge is -2.08. The van der Waals surface area contributed by atoms with Gasteiger partial charge in [0.25, 0.3) is 0 Å². The molecule has 2 heterocycles. The van der Waals surface area contributed by atoms with Gasteiger partial charge in [-0.25, -0.2) is 4.98 Å². The van der Waals surface area contributed by atoms with Crippen LogP contribution in [0.3, 0.4) is 0 Å². The highest BCUT2D eigenvalue weighted by Gasteiger charge is 2.05. The number of hydrogen-bond donors (Lipinski definition) is 2. The van der Waals surface area contributed by atoms with E-state index in [1.807, 2.05) is 47.8 Å². The predicted octanol–water partition coefficient (Wildman–Crippen LogP) is 4.63. The average Bonchev–Trinajstić information content (AvgIpc) is 3.11. The van der Waals surface area contributed by atoms with Crippen LogP contribution in [0.5, 0.6) is 0 Å². The molecule has 0 saturated heterocycles. The van der Waals surface area contributed by atoms with E-state index in [1.165, 1.54) is 5.56 Å². The van der Waals surface area contributed by atoms with E-state index >= 15 is 0 Å². The van der Waals surface area contributed by atoms with Crippen molar-refractivity contribution in [2.45, 2.75) is 12.8 Å². The maximum Gasteiger partial charge on any atom is 0.230 e. The van der Waals surface area contributed by atoms with Crippen molar-refractivity contribution in [3.8, 4) is 0 Å². The number of carbonyl (C=O) groups excluding carboxylic acids is 1.